The molecule has 4 rings (SSSR count). The van der Waals surface area contributed by atoms with Gasteiger partial charge in [-0.05, 0) is 48.3 Å². The molecule has 0 bridgehead atoms. The largest absolute Gasteiger partial charge is 0.497 e. The number of aromatic nitrogens is 2. The van der Waals surface area contributed by atoms with Gasteiger partial charge < -0.3 is 10.1 Å². The summed E-state index contributed by atoms with van der Waals surface area (Å²) < 4.78 is 5.26. The van der Waals surface area contributed by atoms with Crippen molar-refractivity contribution in [2.45, 2.75) is 51.4 Å². The summed E-state index contributed by atoms with van der Waals surface area (Å²) in [6.07, 6.45) is 17.4. The second kappa shape index (κ2) is 11.3. The highest BCUT2D eigenvalue weighted by Gasteiger charge is 2.19. The van der Waals surface area contributed by atoms with Gasteiger partial charge in [0.1, 0.15) is 5.75 Å². The van der Waals surface area contributed by atoms with Crippen molar-refractivity contribution in [1.29, 1.82) is 0 Å². The average molecular weight is 464 g/mol. The molecule has 33 heavy (non-hydrogen) atoms. The molecule has 172 valence electrons. The minimum atomic E-state index is -0.103. The van der Waals surface area contributed by atoms with E-state index in [2.05, 4.69) is 10.3 Å². The molecule has 0 radical (unpaired) electrons. The molecular weight excluding hydrogens is 434 g/mol. The van der Waals surface area contributed by atoms with E-state index in [1.165, 1.54) is 32.1 Å². The lowest BCUT2D eigenvalue weighted by molar-refractivity contribution is -0.115. The second-order valence-corrected chi connectivity index (χ2v) is 9.16. The van der Waals surface area contributed by atoms with Crippen LogP contribution >= 0.6 is 11.6 Å². The number of allylic oxidation sites excluding steroid dienone is 5. The van der Waals surface area contributed by atoms with Gasteiger partial charge in [-0.2, -0.15) is 0 Å². The zero-order chi connectivity index (χ0) is 23.0. The van der Waals surface area contributed by atoms with E-state index in [1.807, 2.05) is 48.6 Å². The normalized spacial score (nSPS) is 16.5. The summed E-state index contributed by atoms with van der Waals surface area (Å²) in [7, 11) is 1.65. The Labute approximate surface area is 200 Å². The number of carbonyl (C=O) groups is 1. The van der Waals surface area contributed by atoms with Gasteiger partial charge in [-0.15, -0.1) is 0 Å². The number of hydrogen-bond donors (Lipinski definition) is 1. The van der Waals surface area contributed by atoms with Gasteiger partial charge in [-0.1, -0.05) is 61.9 Å². The summed E-state index contributed by atoms with van der Waals surface area (Å²) in [5, 5.41) is 3.78. The molecule has 0 saturated heterocycles. The number of nitrogens with zero attached hydrogens (tertiary/aromatic N) is 2. The third-order valence-electron chi connectivity index (χ3n) is 6.18. The highest BCUT2D eigenvalue weighted by atomic mass is 35.5. The summed E-state index contributed by atoms with van der Waals surface area (Å²) in [5.74, 6) is 1.84. The van der Waals surface area contributed by atoms with Crippen molar-refractivity contribution >= 4 is 23.3 Å². The maximum Gasteiger partial charge on any atom is 0.229 e. The van der Waals surface area contributed by atoms with Crippen LogP contribution in [-0.2, 0) is 11.2 Å². The standard InChI is InChI=1S/C27H30ClN3O2/c1-33-23-14-11-21(12-15-23)25-18-29-27(24(30-25)16-19-6-3-2-4-7-19)31-26(32)17-20-8-5-9-22(28)13-10-20/h5,8,10-15,18-19H,2-4,6-7,9,16-17H2,1H3,(H,29,31,32). The SMILES string of the molecule is COc1ccc(-c2cnc(NC(=O)CC3=CC=C(Cl)CC=C3)c(CC3CCCCC3)n2)cc1. The van der Waals surface area contributed by atoms with Crippen molar-refractivity contribution < 1.29 is 9.53 Å². The van der Waals surface area contributed by atoms with Gasteiger partial charge in [-0.3, -0.25) is 4.79 Å². The molecule has 1 saturated carbocycles. The van der Waals surface area contributed by atoms with Crippen LogP contribution in [0.5, 0.6) is 5.75 Å². The smallest absolute Gasteiger partial charge is 0.229 e. The predicted molar refractivity (Wildman–Crippen MR) is 133 cm³/mol. The first-order chi connectivity index (χ1) is 16.1. The first-order valence-corrected chi connectivity index (χ1v) is 12.0. The number of anilines is 1. The lowest BCUT2D eigenvalue weighted by atomic mass is 9.86. The fourth-order valence-electron chi connectivity index (χ4n) is 4.36. The van der Waals surface area contributed by atoms with Crippen LogP contribution in [0, 0.1) is 5.92 Å². The maximum atomic E-state index is 12.8. The Hall–Kier alpha value is -2.92. The van der Waals surface area contributed by atoms with E-state index in [-0.39, 0.29) is 12.3 Å². The van der Waals surface area contributed by atoms with Crippen molar-refractivity contribution in [2.24, 2.45) is 5.92 Å². The van der Waals surface area contributed by atoms with Crippen LogP contribution < -0.4 is 10.1 Å². The van der Waals surface area contributed by atoms with E-state index in [1.54, 1.807) is 13.3 Å². The molecular formula is C27H30ClN3O2. The van der Waals surface area contributed by atoms with Crippen molar-refractivity contribution in [3.63, 3.8) is 0 Å². The van der Waals surface area contributed by atoms with E-state index in [9.17, 15) is 4.79 Å². The molecule has 1 heterocycles. The van der Waals surface area contributed by atoms with Gasteiger partial charge >= 0.3 is 0 Å². The first-order valence-electron chi connectivity index (χ1n) is 11.6. The van der Waals surface area contributed by atoms with E-state index in [0.717, 1.165) is 39.7 Å². The Morgan fingerprint density at radius 1 is 1.15 bits per heavy atom. The molecule has 1 aromatic carbocycles. The van der Waals surface area contributed by atoms with Crippen LogP contribution in [0.25, 0.3) is 11.3 Å². The highest BCUT2D eigenvalue weighted by molar-refractivity contribution is 6.29. The Morgan fingerprint density at radius 3 is 2.70 bits per heavy atom. The predicted octanol–water partition coefficient (Wildman–Crippen LogP) is 6.61. The molecule has 1 N–H and O–H groups in total. The number of hydrogen-bond acceptors (Lipinski definition) is 4. The van der Waals surface area contributed by atoms with Crippen molar-refractivity contribution in [3.8, 4) is 17.0 Å². The third kappa shape index (κ3) is 6.55. The minimum Gasteiger partial charge on any atom is -0.497 e. The fourth-order valence-corrected chi connectivity index (χ4v) is 4.52. The summed E-state index contributed by atoms with van der Waals surface area (Å²) in [6, 6.07) is 7.80. The molecule has 2 aliphatic carbocycles. The number of rotatable bonds is 7. The first kappa shape index (κ1) is 23.2. The van der Waals surface area contributed by atoms with Gasteiger partial charge in [0.25, 0.3) is 0 Å². The third-order valence-corrected chi connectivity index (χ3v) is 6.46. The maximum absolute atomic E-state index is 12.8. The topological polar surface area (TPSA) is 64.1 Å². The van der Waals surface area contributed by atoms with Crippen LogP contribution in [0.3, 0.4) is 0 Å². The zero-order valence-corrected chi connectivity index (χ0v) is 19.8. The lowest BCUT2D eigenvalue weighted by Crippen LogP contribution is -2.18. The summed E-state index contributed by atoms with van der Waals surface area (Å²) in [6.45, 7) is 0. The van der Waals surface area contributed by atoms with Crippen molar-refractivity contribution in [2.75, 3.05) is 12.4 Å². The van der Waals surface area contributed by atoms with Gasteiger partial charge in [-0.25, -0.2) is 9.97 Å². The minimum absolute atomic E-state index is 0.103. The highest BCUT2D eigenvalue weighted by Crippen LogP contribution is 2.30. The number of methoxy groups -OCH3 is 1. The molecule has 0 atom stereocenters. The van der Waals surface area contributed by atoms with Gasteiger partial charge in [0.05, 0.1) is 31.1 Å². The van der Waals surface area contributed by atoms with Gasteiger partial charge in [0.2, 0.25) is 5.91 Å². The van der Waals surface area contributed by atoms with E-state index >= 15 is 0 Å². The Bertz CT molecular complexity index is 1070. The van der Waals surface area contributed by atoms with E-state index in [0.29, 0.717) is 18.2 Å². The number of carbonyl (C=O) groups excluding carboxylic acids is 1. The van der Waals surface area contributed by atoms with Crippen LogP contribution in [0.4, 0.5) is 5.82 Å². The van der Waals surface area contributed by atoms with Crippen LogP contribution in [0.1, 0.15) is 50.6 Å². The molecule has 0 unspecified atom stereocenters. The number of halogens is 1. The van der Waals surface area contributed by atoms with Gasteiger partial charge in [0.15, 0.2) is 5.82 Å². The second-order valence-electron chi connectivity index (χ2n) is 8.67. The molecule has 1 amide bonds. The molecule has 2 aromatic rings. The number of ether oxygens (including phenoxy) is 1. The van der Waals surface area contributed by atoms with Crippen molar-refractivity contribution in [3.05, 3.63) is 71.1 Å². The monoisotopic (exact) mass is 463 g/mol. The Morgan fingerprint density at radius 2 is 1.94 bits per heavy atom. The summed E-state index contributed by atoms with van der Waals surface area (Å²) >= 11 is 6.09. The molecule has 1 fully saturated rings. The van der Waals surface area contributed by atoms with Crippen LogP contribution in [0.2, 0.25) is 0 Å². The molecule has 5 nitrogen and oxygen atoms in total. The Kier molecular flexibility index (Phi) is 7.95. The summed E-state index contributed by atoms with van der Waals surface area (Å²) in [5.41, 5.74) is 3.55. The quantitative estimate of drug-likeness (QED) is 0.501. The van der Waals surface area contributed by atoms with Gasteiger partial charge in [0, 0.05) is 17.0 Å². The Balaban J connectivity index is 1.55. The van der Waals surface area contributed by atoms with Crippen LogP contribution in [0.15, 0.2) is 65.4 Å². The fraction of sp³-hybridized carbons (Fsp3) is 0.370. The number of amides is 1. The molecule has 0 aliphatic heterocycles. The average Bonchev–Trinajstić information content (AvgIpc) is 3.04. The number of benzene rings is 1. The molecule has 1 aromatic heterocycles. The lowest BCUT2D eigenvalue weighted by Gasteiger charge is -2.22. The molecule has 2 aliphatic rings. The van der Waals surface area contributed by atoms with Crippen molar-refractivity contribution in [1.82, 2.24) is 9.97 Å². The van der Waals surface area contributed by atoms with E-state index < -0.39 is 0 Å². The zero-order valence-electron chi connectivity index (χ0n) is 19.0. The molecule has 0 spiro atoms. The van der Waals surface area contributed by atoms with E-state index in [4.69, 9.17) is 21.3 Å². The van der Waals surface area contributed by atoms with Crippen LogP contribution in [-0.4, -0.2) is 23.0 Å². The molecule has 6 heteroatoms. The number of nitrogens with one attached hydrogen (secondary N) is 1. The summed E-state index contributed by atoms with van der Waals surface area (Å²) in [4.78, 5) is 22.4.